The van der Waals surface area contributed by atoms with Crippen molar-refractivity contribution in [1.82, 2.24) is 10.2 Å². The van der Waals surface area contributed by atoms with Gasteiger partial charge in [-0.15, -0.1) is 10.2 Å². The van der Waals surface area contributed by atoms with Gasteiger partial charge >= 0.3 is 6.03 Å². The molecular weight excluding hydrogens is 447 g/mol. The summed E-state index contributed by atoms with van der Waals surface area (Å²) in [6, 6.07) is 9.42. The highest BCUT2D eigenvalue weighted by atomic mass is 79.9. The zero-order chi connectivity index (χ0) is 20.3. The van der Waals surface area contributed by atoms with Crippen LogP contribution in [0.3, 0.4) is 0 Å². The molecule has 0 aliphatic rings. The van der Waals surface area contributed by atoms with Gasteiger partial charge in [-0.05, 0) is 50.6 Å². The minimum absolute atomic E-state index is 0.0328. The van der Waals surface area contributed by atoms with Crippen molar-refractivity contribution in [2.45, 2.75) is 26.9 Å². The Morgan fingerprint density at radius 2 is 1.96 bits per heavy atom. The molecule has 0 unspecified atom stereocenters. The smallest absolute Gasteiger partial charge is 0.325 e. The van der Waals surface area contributed by atoms with Gasteiger partial charge in [0.2, 0.25) is 5.13 Å². The molecule has 6 nitrogen and oxygen atoms in total. The molecule has 0 spiro atoms. The van der Waals surface area contributed by atoms with Crippen LogP contribution in [-0.4, -0.2) is 22.3 Å². The Bertz CT molecular complexity index is 989. The van der Waals surface area contributed by atoms with Crippen molar-refractivity contribution >= 4 is 44.1 Å². The van der Waals surface area contributed by atoms with Gasteiger partial charge in [-0.3, -0.25) is 5.32 Å². The molecular formula is C19H18BrFN4O2S. The number of carbonyl (C=O) groups is 1. The Labute approximate surface area is 174 Å². The minimum Gasteiger partial charge on any atom is -0.491 e. The zero-order valence-electron chi connectivity index (χ0n) is 15.4. The molecule has 0 atom stereocenters. The molecule has 1 aromatic heterocycles. The lowest BCUT2D eigenvalue weighted by atomic mass is 10.2. The fourth-order valence-corrected chi connectivity index (χ4v) is 3.58. The van der Waals surface area contributed by atoms with E-state index < -0.39 is 6.03 Å². The number of carbonyl (C=O) groups excluding carboxylic acids is 1. The summed E-state index contributed by atoms with van der Waals surface area (Å²) in [5.74, 6) is 0.327. The van der Waals surface area contributed by atoms with E-state index in [1.807, 2.05) is 26.8 Å². The second-order valence-corrected chi connectivity index (χ2v) is 8.19. The van der Waals surface area contributed by atoms with E-state index in [0.717, 1.165) is 16.9 Å². The van der Waals surface area contributed by atoms with Gasteiger partial charge in [0.25, 0.3) is 0 Å². The molecule has 0 radical (unpaired) electrons. The van der Waals surface area contributed by atoms with Crippen LogP contribution >= 0.6 is 27.3 Å². The SMILES string of the molecule is Cc1ccc(NC(=O)Nc2nnc(-c3cc(F)cc(Br)c3)s2)cc1OC(C)C. The van der Waals surface area contributed by atoms with Crippen LogP contribution in [0.4, 0.5) is 20.0 Å². The number of halogens is 2. The lowest BCUT2D eigenvalue weighted by Crippen LogP contribution is -2.19. The van der Waals surface area contributed by atoms with E-state index in [0.29, 0.717) is 31.6 Å². The Morgan fingerprint density at radius 1 is 1.18 bits per heavy atom. The first-order valence-corrected chi connectivity index (χ1v) is 10.1. The van der Waals surface area contributed by atoms with Crippen molar-refractivity contribution < 1.29 is 13.9 Å². The van der Waals surface area contributed by atoms with Gasteiger partial charge in [0.05, 0.1) is 6.10 Å². The zero-order valence-corrected chi connectivity index (χ0v) is 17.8. The van der Waals surface area contributed by atoms with Crippen molar-refractivity contribution in [3.05, 3.63) is 52.3 Å². The van der Waals surface area contributed by atoms with Gasteiger partial charge in [-0.2, -0.15) is 0 Å². The van der Waals surface area contributed by atoms with E-state index >= 15 is 0 Å². The standard InChI is InChI=1S/C19H18BrFN4O2S/c1-10(2)27-16-9-15(5-4-11(16)3)22-18(26)23-19-25-24-17(28-19)12-6-13(20)8-14(21)7-12/h4-10H,1-3H3,(H2,22,23,25,26). The number of aromatic nitrogens is 2. The minimum atomic E-state index is -0.456. The molecule has 0 saturated carbocycles. The highest BCUT2D eigenvalue weighted by Crippen LogP contribution is 2.29. The molecule has 3 aromatic rings. The maximum atomic E-state index is 13.5. The van der Waals surface area contributed by atoms with Gasteiger partial charge < -0.3 is 10.1 Å². The van der Waals surface area contributed by atoms with Crippen molar-refractivity contribution in [3.63, 3.8) is 0 Å². The average Bonchev–Trinajstić information content (AvgIpc) is 3.05. The number of nitrogens with zero attached hydrogens (tertiary/aromatic N) is 2. The first-order valence-electron chi connectivity index (χ1n) is 8.45. The lowest BCUT2D eigenvalue weighted by molar-refractivity contribution is 0.241. The molecule has 0 bridgehead atoms. The highest BCUT2D eigenvalue weighted by molar-refractivity contribution is 9.10. The number of hydrogen-bond acceptors (Lipinski definition) is 5. The number of aryl methyl sites for hydroxylation is 1. The molecule has 28 heavy (non-hydrogen) atoms. The summed E-state index contributed by atoms with van der Waals surface area (Å²) in [6.07, 6.45) is 0.0328. The number of anilines is 2. The average molecular weight is 465 g/mol. The molecule has 1 heterocycles. The fourth-order valence-electron chi connectivity index (χ4n) is 2.39. The summed E-state index contributed by atoms with van der Waals surface area (Å²) in [5, 5.41) is 14.1. The van der Waals surface area contributed by atoms with Crippen LogP contribution in [0.1, 0.15) is 19.4 Å². The third kappa shape index (κ3) is 5.26. The third-order valence-electron chi connectivity index (χ3n) is 3.56. The molecule has 0 aliphatic carbocycles. The number of ether oxygens (including phenoxy) is 1. The van der Waals surface area contributed by atoms with E-state index in [1.165, 1.54) is 12.1 Å². The molecule has 0 aliphatic heterocycles. The quantitative estimate of drug-likeness (QED) is 0.496. The fraction of sp³-hybridized carbons (Fsp3) is 0.211. The van der Waals surface area contributed by atoms with Crippen molar-refractivity contribution in [2.75, 3.05) is 10.6 Å². The molecule has 0 fully saturated rings. The Morgan fingerprint density at radius 3 is 2.68 bits per heavy atom. The Balaban J connectivity index is 1.68. The predicted octanol–water partition coefficient (Wildman–Crippen LogP) is 5.85. The number of amides is 2. The van der Waals surface area contributed by atoms with Crippen LogP contribution in [0.25, 0.3) is 10.6 Å². The summed E-state index contributed by atoms with van der Waals surface area (Å²) < 4.78 is 19.9. The number of benzene rings is 2. The van der Waals surface area contributed by atoms with Gasteiger partial charge in [-0.25, -0.2) is 9.18 Å². The van der Waals surface area contributed by atoms with Crippen molar-refractivity contribution in [1.29, 1.82) is 0 Å². The van der Waals surface area contributed by atoms with Gasteiger partial charge in [-0.1, -0.05) is 33.3 Å². The third-order valence-corrected chi connectivity index (χ3v) is 4.91. The number of hydrogen-bond donors (Lipinski definition) is 2. The first-order chi connectivity index (χ1) is 13.3. The topological polar surface area (TPSA) is 76.1 Å². The normalized spacial score (nSPS) is 10.8. The first kappa shape index (κ1) is 20.2. The lowest BCUT2D eigenvalue weighted by Gasteiger charge is -2.14. The van der Waals surface area contributed by atoms with Crippen LogP contribution in [0, 0.1) is 12.7 Å². The number of nitrogens with one attached hydrogen (secondary N) is 2. The van der Waals surface area contributed by atoms with Gasteiger partial charge in [0.15, 0.2) is 0 Å². The predicted molar refractivity (Wildman–Crippen MR) is 113 cm³/mol. The van der Waals surface area contributed by atoms with E-state index in [9.17, 15) is 9.18 Å². The van der Waals surface area contributed by atoms with E-state index in [2.05, 4.69) is 36.8 Å². The monoisotopic (exact) mass is 464 g/mol. The molecule has 3 rings (SSSR count). The maximum Gasteiger partial charge on any atom is 0.325 e. The summed E-state index contributed by atoms with van der Waals surface area (Å²) in [6.45, 7) is 5.82. The summed E-state index contributed by atoms with van der Waals surface area (Å²) in [4.78, 5) is 12.3. The van der Waals surface area contributed by atoms with E-state index in [1.54, 1.807) is 18.2 Å². The molecule has 146 valence electrons. The second kappa shape index (κ2) is 8.66. The van der Waals surface area contributed by atoms with Crippen LogP contribution < -0.4 is 15.4 Å². The number of rotatable bonds is 5. The van der Waals surface area contributed by atoms with Crippen molar-refractivity contribution in [2.24, 2.45) is 0 Å². The molecule has 2 N–H and O–H groups in total. The summed E-state index contributed by atoms with van der Waals surface area (Å²) in [7, 11) is 0. The second-order valence-electron chi connectivity index (χ2n) is 6.30. The van der Waals surface area contributed by atoms with Crippen LogP contribution in [0.2, 0.25) is 0 Å². The Kier molecular flexibility index (Phi) is 6.25. The summed E-state index contributed by atoms with van der Waals surface area (Å²) >= 11 is 4.40. The summed E-state index contributed by atoms with van der Waals surface area (Å²) in [5.41, 5.74) is 2.15. The highest BCUT2D eigenvalue weighted by Gasteiger charge is 2.12. The maximum absolute atomic E-state index is 13.5. The largest absolute Gasteiger partial charge is 0.491 e. The molecule has 2 amide bonds. The van der Waals surface area contributed by atoms with Crippen LogP contribution in [0.5, 0.6) is 5.75 Å². The van der Waals surface area contributed by atoms with Crippen LogP contribution in [-0.2, 0) is 0 Å². The molecule has 9 heteroatoms. The van der Waals surface area contributed by atoms with E-state index in [4.69, 9.17) is 4.74 Å². The number of urea groups is 1. The molecule has 2 aromatic carbocycles. The van der Waals surface area contributed by atoms with Gasteiger partial charge in [0.1, 0.15) is 16.6 Å². The van der Waals surface area contributed by atoms with Crippen molar-refractivity contribution in [3.8, 4) is 16.3 Å². The van der Waals surface area contributed by atoms with Gasteiger partial charge in [0, 0.05) is 21.8 Å². The van der Waals surface area contributed by atoms with E-state index in [-0.39, 0.29) is 11.9 Å². The van der Waals surface area contributed by atoms with Crippen LogP contribution in [0.15, 0.2) is 40.9 Å². The Hall–Kier alpha value is -2.52. The molecule has 0 saturated heterocycles.